The van der Waals surface area contributed by atoms with Crippen LogP contribution in [-0.4, -0.2) is 34.4 Å². The number of nitrogens with zero attached hydrogens (tertiary/aromatic N) is 2. The summed E-state index contributed by atoms with van der Waals surface area (Å²) < 4.78 is 0. The zero-order chi connectivity index (χ0) is 21.0. The van der Waals surface area contributed by atoms with Crippen LogP contribution in [-0.2, 0) is 6.54 Å². The minimum absolute atomic E-state index is 0.0152. The van der Waals surface area contributed by atoms with Crippen LogP contribution in [0.5, 0.6) is 0 Å². The highest BCUT2D eigenvalue weighted by Gasteiger charge is 2.38. The average Bonchev–Trinajstić information content (AvgIpc) is 2.78. The highest BCUT2D eigenvalue weighted by Crippen LogP contribution is 2.31. The van der Waals surface area contributed by atoms with E-state index < -0.39 is 0 Å². The Morgan fingerprint density at radius 3 is 2.50 bits per heavy atom. The molecule has 4 nitrogen and oxygen atoms in total. The van der Waals surface area contributed by atoms with Gasteiger partial charge in [0, 0.05) is 43.1 Å². The largest absolute Gasteiger partial charge is 0.347 e. The van der Waals surface area contributed by atoms with Crippen molar-refractivity contribution in [1.29, 1.82) is 0 Å². The molecule has 1 aliphatic rings. The van der Waals surface area contributed by atoms with Crippen LogP contribution in [0, 0.1) is 5.92 Å². The molecule has 1 saturated heterocycles. The SMILES string of the molecule is C[C@@H]1CN(Cc2ccccc2-c2ccncc2)CC[C@@]1(C)NC(=O)c1ccccc1. The van der Waals surface area contributed by atoms with E-state index in [9.17, 15) is 4.79 Å². The Balaban J connectivity index is 1.44. The van der Waals surface area contributed by atoms with E-state index in [1.165, 1.54) is 16.7 Å². The molecule has 0 bridgehead atoms. The summed E-state index contributed by atoms with van der Waals surface area (Å²) in [6.45, 7) is 7.25. The van der Waals surface area contributed by atoms with Gasteiger partial charge in [-0.05, 0) is 60.2 Å². The molecule has 0 spiro atoms. The minimum Gasteiger partial charge on any atom is -0.347 e. The number of aromatic nitrogens is 1. The van der Waals surface area contributed by atoms with Gasteiger partial charge >= 0.3 is 0 Å². The molecule has 4 rings (SSSR count). The first-order valence-corrected chi connectivity index (χ1v) is 10.6. The first kappa shape index (κ1) is 20.3. The van der Waals surface area contributed by atoms with Gasteiger partial charge in [-0.1, -0.05) is 49.4 Å². The fourth-order valence-corrected chi connectivity index (χ4v) is 4.28. The van der Waals surface area contributed by atoms with Gasteiger partial charge in [-0.25, -0.2) is 0 Å². The highest BCUT2D eigenvalue weighted by molar-refractivity contribution is 5.94. The molecule has 1 amide bonds. The molecule has 0 aliphatic carbocycles. The van der Waals surface area contributed by atoms with Crippen LogP contribution in [0.2, 0.25) is 0 Å². The number of pyridine rings is 1. The normalized spacial score (nSPS) is 21.9. The minimum atomic E-state index is -0.200. The predicted molar refractivity (Wildman–Crippen MR) is 121 cm³/mol. The third-order valence-corrected chi connectivity index (χ3v) is 6.40. The lowest BCUT2D eigenvalue weighted by atomic mass is 9.80. The average molecular weight is 400 g/mol. The second-order valence-electron chi connectivity index (χ2n) is 8.52. The molecular weight excluding hydrogens is 370 g/mol. The van der Waals surface area contributed by atoms with Crippen LogP contribution >= 0.6 is 0 Å². The van der Waals surface area contributed by atoms with Gasteiger partial charge in [0.05, 0.1) is 0 Å². The Labute approximate surface area is 179 Å². The lowest BCUT2D eigenvalue weighted by Crippen LogP contribution is -2.58. The Hall–Kier alpha value is -2.98. The van der Waals surface area contributed by atoms with Gasteiger partial charge in [0.1, 0.15) is 0 Å². The van der Waals surface area contributed by atoms with Crippen LogP contribution in [0.15, 0.2) is 79.1 Å². The summed E-state index contributed by atoms with van der Waals surface area (Å²) >= 11 is 0. The predicted octanol–water partition coefficient (Wildman–Crippen LogP) is 4.78. The molecule has 2 aromatic carbocycles. The number of amides is 1. The standard InChI is InChI=1S/C26H29N3O/c1-20-18-29(17-14-26(20,2)28-25(30)22-8-4-3-5-9-22)19-23-10-6-7-11-24(23)21-12-15-27-16-13-21/h3-13,15-16,20H,14,17-19H2,1-2H3,(H,28,30)/t20-,26-/m1/s1. The van der Waals surface area contributed by atoms with Crippen LogP contribution in [0.4, 0.5) is 0 Å². The second kappa shape index (κ2) is 8.80. The summed E-state index contributed by atoms with van der Waals surface area (Å²) in [6.07, 6.45) is 4.62. The van der Waals surface area contributed by atoms with Crippen molar-refractivity contribution < 1.29 is 4.79 Å². The molecule has 1 N–H and O–H groups in total. The van der Waals surface area contributed by atoms with Crippen molar-refractivity contribution in [3.8, 4) is 11.1 Å². The molecule has 0 unspecified atom stereocenters. The van der Waals surface area contributed by atoms with Gasteiger partial charge in [0.25, 0.3) is 5.91 Å². The fraction of sp³-hybridized carbons (Fsp3) is 0.308. The fourth-order valence-electron chi connectivity index (χ4n) is 4.28. The van der Waals surface area contributed by atoms with E-state index in [1.54, 1.807) is 0 Å². The van der Waals surface area contributed by atoms with E-state index in [2.05, 4.69) is 65.4 Å². The molecule has 1 aliphatic heterocycles. The number of nitrogens with one attached hydrogen (secondary N) is 1. The van der Waals surface area contributed by atoms with Crippen LogP contribution < -0.4 is 5.32 Å². The number of likely N-dealkylation sites (tertiary alicyclic amines) is 1. The van der Waals surface area contributed by atoms with Crippen LogP contribution in [0.25, 0.3) is 11.1 Å². The first-order chi connectivity index (χ1) is 14.5. The molecule has 154 valence electrons. The third kappa shape index (κ3) is 4.44. The number of carbonyl (C=O) groups excluding carboxylic acids is 1. The molecule has 2 heterocycles. The molecule has 0 saturated carbocycles. The quantitative estimate of drug-likeness (QED) is 0.672. The van der Waals surface area contributed by atoms with E-state index >= 15 is 0 Å². The topological polar surface area (TPSA) is 45.2 Å². The lowest BCUT2D eigenvalue weighted by molar-refractivity contribution is 0.0655. The Morgan fingerprint density at radius 1 is 1.07 bits per heavy atom. The van der Waals surface area contributed by atoms with Crippen molar-refractivity contribution >= 4 is 5.91 Å². The van der Waals surface area contributed by atoms with E-state index in [0.29, 0.717) is 5.92 Å². The van der Waals surface area contributed by atoms with Crippen molar-refractivity contribution in [2.75, 3.05) is 13.1 Å². The maximum Gasteiger partial charge on any atom is 0.251 e. The second-order valence-corrected chi connectivity index (χ2v) is 8.52. The first-order valence-electron chi connectivity index (χ1n) is 10.6. The summed E-state index contributed by atoms with van der Waals surface area (Å²) in [7, 11) is 0. The van der Waals surface area contributed by atoms with E-state index in [1.807, 2.05) is 42.7 Å². The summed E-state index contributed by atoms with van der Waals surface area (Å²) in [5.74, 6) is 0.369. The number of piperidine rings is 1. The number of rotatable bonds is 5. The van der Waals surface area contributed by atoms with E-state index in [-0.39, 0.29) is 11.4 Å². The van der Waals surface area contributed by atoms with Crippen molar-refractivity contribution in [1.82, 2.24) is 15.2 Å². The molecule has 4 heteroatoms. The van der Waals surface area contributed by atoms with Crippen molar-refractivity contribution in [2.24, 2.45) is 5.92 Å². The third-order valence-electron chi connectivity index (χ3n) is 6.40. The van der Waals surface area contributed by atoms with Gasteiger partial charge in [-0.2, -0.15) is 0 Å². The maximum absolute atomic E-state index is 12.7. The lowest BCUT2D eigenvalue weighted by Gasteiger charge is -2.45. The molecule has 2 atom stereocenters. The monoisotopic (exact) mass is 399 g/mol. The maximum atomic E-state index is 12.7. The summed E-state index contributed by atoms with van der Waals surface area (Å²) in [5.41, 5.74) is 4.31. The number of hydrogen-bond acceptors (Lipinski definition) is 3. The smallest absolute Gasteiger partial charge is 0.251 e. The Morgan fingerprint density at radius 2 is 1.77 bits per heavy atom. The summed E-state index contributed by atoms with van der Waals surface area (Å²) in [5, 5.41) is 3.31. The Kier molecular flexibility index (Phi) is 5.96. The van der Waals surface area contributed by atoms with Crippen LogP contribution in [0.1, 0.15) is 36.2 Å². The number of hydrogen-bond donors (Lipinski definition) is 1. The number of carbonyl (C=O) groups is 1. The van der Waals surface area contributed by atoms with Gasteiger partial charge in [0.15, 0.2) is 0 Å². The van der Waals surface area contributed by atoms with Crippen LogP contribution in [0.3, 0.4) is 0 Å². The zero-order valence-corrected chi connectivity index (χ0v) is 17.7. The van der Waals surface area contributed by atoms with Gasteiger partial charge < -0.3 is 5.32 Å². The van der Waals surface area contributed by atoms with E-state index in [4.69, 9.17) is 0 Å². The summed E-state index contributed by atoms with van der Waals surface area (Å²) in [6, 6.07) is 22.2. The van der Waals surface area contributed by atoms with E-state index in [0.717, 1.165) is 31.6 Å². The molecular formula is C26H29N3O. The number of benzene rings is 2. The molecule has 1 fully saturated rings. The highest BCUT2D eigenvalue weighted by atomic mass is 16.1. The molecule has 1 aromatic heterocycles. The van der Waals surface area contributed by atoms with Crippen molar-refractivity contribution in [3.63, 3.8) is 0 Å². The Bertz CT molecular complexity index is 989. The van der Waals surface area contributed by atoms with Crippen molar-refractivity contribution in [2.45, 2.75) is 32.4 Å². The molecule has 30 heavy (non-hydrogen) atoms. The molecule has 0 radical (unpaired) electrons. The molecule has 3 aromatic rings. The van der Waals surface area contributed by atoms with Gasteiger partial charge in [-0.3, -0.25) is 14.7 Å². The van der Waals surface area contributed by atoms with Gasteiger partial charge in [0.2, 0.25) is 0 Å². The zero-order valence-electron chi connectivity index (χ0n) is 17.7. The van der Waals surface area contributed by atoms with Crippen molar-refractivity contribution in [3.05, 3.63) is 90.3 Å². The van der Waals surface area contributed by atoms with Gasteiger partial charge in [-0.15, -0.1) is 0 Å². The summed E-state index contributed by atoms with van der Waals surface area (Å²) in [4.78, 5) is 19.4.